The lowest BCUT2D eigenvalue weighted by Gasteiger charge is -2.40. The summed E-state index contributed by atoms with van der Waals surface area (Å²) in [5.41, 5.74) is 4.02. The molecule has 180 valence electrons. The molecule has 2 saturated carbocycles. The van der Waals surface area contributed by atoms with E-state index in [-0.39, 0.29) is 31.5 Å². The number of ether oxygens (including phenoxy) is 1. The lowest BCUT2D eigenvalue weighted by molar-refractivity contribution is -0.137. The number of anilines is 2. The summed E-state index contributed by atoms with van der Waals surface area (Å²) in [6.45, 7) is 0.654. The molecule has 0 spiro atoms. The number of benzene rings is 1. The van der Waals surface area contributed by atoms with Crippen LogP contribution in [0.2, 0.25) is 0 Å². The summed E-state index contributed by atoms with van der Waals surface area (Å²) in [7, 11) is 0. The Morgan fingerprint density at radius 3 is 2.52 bits per heavy atom. The maximum absolute atomic E-state index is 13.9. The highest BCUT2D eigenvalue weighted by atomic mass is 19.4. The molecule has 2 aliphatic carbocycles. The highest BCUT2D eigenvalue weighted by Gasteiger charge is 2.42. The van der Waals surface area contributed by atoms with Gasteiger partial charge in [-0.25, -0.2) is 0 Å². The number of alkyl halides is 3. The summed E-state index contributed by atoms with van der Waals surface area (Å²) in [5.74, 6) is -1.84. The van der Waals surface area contributed by atoms with Crippen LogP contribution in [0.1, 0.15) is 37.7 Å². The molecule has 0 bridgehead atoms. The number of rotatable bonds is 8. The van der Waals surface area contributed by atoms with Crippen molar-refractivity contribution in [1.29, 1.82) is 0 Å². The molecule has 8 nitrogen and oxygen atoms in total. The fourth-order valence-corrected chi connectivity index (χ4v) is 4.26. The number of nitrogens with two attached hydrogens (primary N) is 1. The molecule has 0 unspecified atom stereocenters. The number of hydrogen-bond acceptors (Lipinski definition) is 5. The predicted octanol–water partition coefficient (Wildman–Crippen LogP) is 2.13. The van der Waals surface area contributed by atoms with Crippen LogP contribution >= 0.6 is 0 Å². The highest BCUT2D eigenvalue weighted by molar-refractivity contribution is 6.10. The number of primary amides is 1. The predicted molar refractivity (Wildman–Crippen MR) is 113 cm³/mol. The van der Waals surface area contributed by atoms with E-state index in [2.05, 4.69) is 5.32 Å². The van der Waals surface area contributed by atoms with Crippen LogP contribution in [0.15, 0.2) is 18.2 Å². The molecule has 0 aromatic heterocycles. The van der Waals surface area contributed by atoms with E-state index in [1.165, 1.54) is 11.0 Å². The average molecular weight is 468 g/mol. The monoisotopic (exact) mass is 468 g/mol. The Morgan fingerprint density at radius 1 is 1.24 bits per heavy atom. The Labute approximate surface area is 189 Å². The molecule has 1 atom stereocenters. The van der Waals surface area contributed by atoms with E-state index in [4.69, 9.17) is 10.5 Å². The van der Waals surface area contributed by atoms with Crippen molar-refractivity contribution in [3.63, 3.8) is 0 Å². The van der Waals surface area contributed by atoms with E-state index in [0.29, 0.717) is 12.5 Å². The van der Waals surface area contributed by atoms with E-state index in [1.54, 1.807) is 4.90 Å². The largest absolute Gasteiger partial charge is 0.418 e. The SMILES string of the molecule is NC(=O)[C@H](C(=O)Nc1ccc(N2CCOCC2=O)cc1C(F)(F)F)N(CC1CC1)C1CCC1. The third-order valence-corrected chi connectivity index (χ3v) is 6.42. The summed E-state index contributed by atoms with van der Waals surface area (Å²) >= 11 is 0. The number of amides is 3. The number of hydrogen-bond donors (Lipinski definition) is 2. The standard InChI is InChI=1S/C22H27F3N4O4/c23-22(24,25)16-10-15(28-8-9-33-12-18(28)30)6-7-17(16)27-21(32)19(20(26)31)29(11-13-4-5-13)14-2-1-3-14/h6-7,10,13-14,19H,1-5,8-9,11-12H2,(H2,26,31)(H,27,32)/t19-/m1/s1. The first-order valence-corrected chi connectivity index (χ1v) is 11.1. The summed E-state index contributed by atoms with van der Waals surface area (Å²) in [4.78, 5) is 40.3. The lowest BCUT2D eigenvalue weighted by Crippen LogP contribution is -2.58. The minimum atomic E-state index is -4.79. The fourth-order valence-electron chi connectivity index (χ4n) is 4.26. The second-order valence-electron chi connectivity index (χ2n) is 8.84. The molecule has 0 radical (unpaired) electrons. The van der Waals surface area contributed by atoms with Gasteiger partial charge in [-0.05, 0) is 49.8 Å². The van der Waals surface area contributed by atoms with Gasteiger partial charge >= 0.3 is 6.18 Å². The van der Waals surface area contributed by atoms with Gasteiger partial charge in [-0.2, -0.15) is 13.2 Å². The van der Waals surface area contributed by atoms with E-state index in [1.807, 2.05) is 0 Å². The highest BCUT2D eigenvalue weighted by Crippen LogP contribution is 2.38. The van der Waals surface area contributed by atoms with Crippen LogP contribution in [0.4, 0.5) is 24.5 Å². The van der Waals surface area contributed by atoms with Gasteiger partial charge in [-0.1, -0.05) is 6.42 Å². The molecule has 3 fully saturated rings. The normalized spacial score (nSPS) is 20.5. The van der Waals surface area contributed by atoms with Crippen molar-refractivity contribution in [2.75, 3.05) is 36.5 Å². The number of nitrogens with zero attached hydrogens (tertiary/aromatic N) is 2. The van der Waals surface area contributed by atoms with Crippen LogP contribution in [-0.4, -0.2) is 61.0 Å². The van der Waals surface area contributed by atoms with Gasteiger partial charge in [0.25, 0.3) is 11.8 Å². The van der Waals surface area contributed by atoms with Gasteiger partial charge < -0.3 is 20.7 Å². The Bertz CT molecular complexity index is 931. The molecule has 3 N–H and O–H groups in total. The number of halogens is 3. The molecule has 3 amide bonds. The summed E-state index contributed by atoms with van der Waals surface area (Å²) in [6, 6.07) is 1.93. The van der Waals surface area contributed by atoms with Crippen molar-refractivity contribution in [2.45, 2.75) is 50.4 Å². The molecule has 11 heteroatoms. The van der Waals surface area contributed by atoms with Gasteiger partial charge in [0.05, 0.1) is 17.9 Å². The molecule has 1 aromatic carbocycles. The zero-order valence-corrected chi connectivity index (χ0v) is 18.1. The Hall–Kier alpha value is -2.66. The van der Waals surface area contributed by atoms with E-state index < -0.39 is 41.2 Å². The minimum absolute atomic E-state index is 0.0191. The van der Waals surface area contributed by atoms with Crippen molar-refractivity contribution >= 4 is 29.1 Å². The second-order valence-corrected chi connectivity index (χ2v) is 8.84. The molecule has 4 rings (SSSR count). The molecular formula is C22H27F3N4O4. The van der Waals surface area contributed by atoms with E-state index in [0.717, 1.165) is 44.2 Å². The number of carbonyl (C=O) groups is 3. The summed E-state index contributed by atoms with van der Waals surface area (Å²) < 4.78 is 46.6. The number of nitrogens with one attached hydrogen (secondary N) is 1. The van der Waals surface area contributed by atoms with Crippen LogP contribution < -0.4 is 16.0 Å². The quantitative estimate of drug-likeness (QED) is 0.569. The van der Waals surface area contributed by atoms with Gasteiger partial charge in [-0.15, -0.1) is 0 Å². The number of carbonyl (C=O) groups excluding carboxylic acids is 3. The van der Waals surface area contributed by atoms with E-state index >= 15 is 0 Å². The first kappa shape index (κ1) is 23.5. The second kappa shape index (κ2) is 9.30. The van der Waals surface area contributed by atoms with Gasteiger partial charge in [0, 0.05) is 24.8 Å². The average Bonchev–Trinajstić information content (AvgIpc) is 3.50. The van der Waals surface area contributed by atoms with Crippen molar-refractivity contribution in [1.82, 2.24) is 4.90 Å². The molecule has 1 saturated heterocycles. The maximum atomic E-state index is 13.9. The minimum Gasteiger partial charge on any atom is -0.370 e. The van der Waals surface area contributed by atoms with Crippen molar-refractivity contribution < 1.29 is 32.3 Å². The summed E-state index contributed by atoms with van der Waals surface area (Å²) in [5, 5.41) is 2.29. The smallest absolute Gasteiger partial charge is 0.370 e. The van der Waals surface area contributed by atoms with Crippen LogP contribution in [0.3, 0.4) is 0 Å². The Balaban J connectivity index is 1.59. The topological polar surface area (TPSA) is 105 Å². The van der Waals surface area contributed by atoms with Crippen LogP contribution in [0.25, 0.3) is 0 Å². The third-order valence-electron chi connectivity index (χ3n) is 6.42. The fraction of sp³-hybridized carbons (Fsp3) is 0.591. The molecule has 1 heterocycles. The van der Waals surface area contributed by atoms with Crippen molar-refractivity contribution in [3.05, 3.63) is 23.8 Å². The Kier molecular flexibility index (Phi) is 6.62. The molecule has 1 aromatic rings. The van der Waals surface area contributed by atoms with Crippen LogP contribution in [-0.2, 0) is 25.3 Å². The van der Waals surface area contributed by atoms with Gasteiger partial charge in [0.1, 0.15) is 6.61 Å². The van der Waals surface area contributed by atoms with Crippen molar-refractivity contribution in [3.8, 4) is 0 Å². The first-order chi connectivity index (χ1) is 15.6. The molecule has 1 aliphatic heterocycles. The zero-order chi connectivity index (χ0) is 23.8. The van der Waals surface area contributed by atoms with Gasteiger partial charge in [-0.3, -0.25) is 19.3 Å². The first-order valence-electron chi connectivity index (χ1n) is 11.1. The maximum Gasteiger partial charge on any atom is 0.418 e. The van der Waals surface area contributed by atoms with Gasteiger partial charge in [0.15, 0.2) is 6.04 Å². The molecular weight excluding hydrogens is 441 g/mol. The molecule has 33 heavy (non-hydrogen) atoms. The van der Waals surface area contributed by atoms with Crippen LogP contribution in [0, 0.1) is 5.92 Å². The van der Waals surface area contributed by atoms with Crippen molar-refractivity contribution in [2.24, 2.45) is 11.7 Å². The summed E-state index contributed by atoms with van der Waals surface area (Å²) in [6.07, 6.45) is -0.191. The van der Waals surface area contributed by atoms with E-state index in [9.17, 15) is 27.6 Å². The van der Waals surface area contributed by atoms with Crippen LogP contribution in [0.5, 0.6) is 0 Å². The number of morpholine rings is 1. The Morgan fingerprint density at radius 2 is 1.97 bits per heavy atom. The zero-order valence-electron chi connectivity index (χ0n) is 18.1. The molecule has 3 aliphatic rings. The van der Waals surface area contributed by atoms with Gasteiger partial charge in [0.2, 0.25) is 5.91 Å². The lowest BCUT2D eigenvalue weighted by atomic mass is 9.89. The third kappa shape index (κ3) is 5.30.